The summed E-state index contributed by atoms with van der Waals surface area (Å²) in [7, 11) is 0. The smallest absolute Gasteiger partial charge is 0.0665 e. The van der Waals surface area contributed by atoms with Crippen LogP contribution in [-0.2, 0) is 4.74 Å². The van der Waals surface area contributed by atoms with Crippen molar-refractivity contribution in [2.75, 3.05) is 6.54 Å². The highest BCUT2D eigenvalue weighted by Crippen LogP contribution is 2.55. The highest BCUT2D eigenvalue weighted by atomic mass is 16.5. The maximum atomic E-state index is 6.58. The molecule has 0 bridgehead atoms. The number of ether oxygens (including phenoxy) is 1. The first kappa shape index (κ1) is 14.8. The van der Waals surface area contributed by atoms with Crippen molar-refractivity contribution in [3.63, 3.8) is 0 Å². The quantitative estimate of drug-likeness (QED) is 0.811. The monoisotopic (exact) mass is 279 g/mol. The van der Waals surface area contributed by atoms with Crippen molar-refractivity contribution >= 4 is 0 Å². The Morgan fingerprint density at radius 1 is 1.10 bits per heavy atom. The van der Waals surface area contributed by atoms with Crippen molar-refractivity contribution in [1.29, 1.82) is 0 Å². The lowest BCUT2D eigenvalue weighted by atomic mass is 9.60. The molecule has 2 heteroatoms. The molecule has 0 aliphatic heterocycles. The van der Waals surface area contributed by atoms with Crippen LogP contribution in [-0.4, -0.2) is 24.8 Å². The molecule has 0 amide bonds. The molecule has 3 rings (SSSR count). The van der Waals surface area contributed by atoms with Crippen molar-refractivity contribution in [3.8, 4) is 0 Å². The van der Waals surface area contributed by atoms with E-state index in [1.165, 1.54) is 70.8 Å². The first-order chi connectivity index (χ1) is 9.74. The second-order valence-electron chi connectivity index (χ2n) is 7.69. The van der Waals surface area contributed by atoms with E-state index in [0.717, 1.165) is 12.0 Å². The third kappa shape index (κ3) is 2.78. The van der Waals surface area contributed by atoms with Gasteiger partial charge in [-0.1, -0.05) is 26.7 Å². The lowest BCUT2D eigenvalue weighted by Gasteiger charge is -2.55. The van der Waals surface area contributed by atoms with E-state index in [1.807, 2.05) is 0 Å². The minimum absolute atomic E-state index is 0.512. The van der Waals surface area contributed by atoms with Crippen molar-refractivity contribution in [1.82, 2.24) is 5.32 Å². The van der Waals surface area contributed by atoms with Crippen LogP contribution in [0.25, 0.3) is 0 Å². The molecule has 2 nitrogen and oxygen atoms in total. The van der Waals surface area contributed by atoms with E-state index in [4.69, 9.17) is 4.74 Å². The highest BCUT2D eigenvalue weighted by Gasteiger charge is 2.56. The molecule has 0 aromatic heterocycles. The summed E-state index contributed by atoms with van der Waals surface area (Å²) >= 11 is 0. The summed E-state index contributed by atoms with van der Waals surface area (Å²) in [6.45, 7) is 5.84. The van der Waals surface area contributed by atoms with E-state index >= 15 is 0 Å². The van der Waals surface area contributed by atoms with Crippen LogP contribution in [0.4, 0.5) is 0 Å². The van der Waals surface area contributed by atoms with Crippen LogP contribution in [0.1, 0.15) is 78.1 Å². The Morgan fingerprint density at radius 3 is 2.45 bits per heavy atom. The number of rotatable bonds is 5. The molecular weight excluding hydrogens is 246 g/mol. The average Bonchev–Trinajstić information content (AvgIpc) is 2.96. The van der Waals surface area contributed by atoms with Gasteiger partial charge < -0.3 is 10.1 Å². The second-order valence-corrected chi connectivity index (χ2v) is 7.69. The molecule has 0 radical (unpaired) electrons. The molecule has 2 unspecified atom stereocenters. The molecule has 0 saturated heterocycles. The second kappa shape index (κ2) is 6.36. The zero-order valence-electron chi connectivity index (χ0n) is 13.5. The van der Waals surface area contributed by atoms with Gasteiger partial charge in [0.05, 0.1) is 12.2 Å². The highest BCUT2D eigenvalue weighted by molar-refractivity contribution is 5.10. The summed E-state index contributed by atoms with van der Waals surface area (Å²) in [5, 5.41) is 3.80. The van der Waals surface area contributed by atoms with Crippen LogP contribution < -0.4 is 5.32 Å². The Balaban J connectivity index is 1.54. The summed E-state index contributed by atoms with van der Waals surface area (Å²) in [6.07, 6.45) is 14.7. The number of hydrogen-bond donors (Lipinski definition) is 1. The molecule has 20 heavy (non-hydrogen) atoms. The van der Waals surface area contributed by atoms with Gasteiger partial charge in [0.15, 0.2) is 0 Å². The Kier molecular flexibility index (Phi) is 4.72. The van der Waals surface area contributed by atoms with E-state index in [0.29, 0.717) is 17.6 Å². The standard InChI is InChI=1S/C18H33NO/c1-3-12-19-16-13-17(18(16)10-4-5-11-18)20-15-8-6-14(2)7-9-15/h14-17,19H,3-13H2,1-2H3. The molecule has 3 fully saturated rings. The summed E-state index contributed by atoms with van der Waals surface area (Å²) in [5.74, 6) is 0.927. The van der Waals surface area contributed by atoms with Gasteiger partial charge in [0.1, 0.15) is 0 Å². The van der Waals surface area contributed by atoms with E-state index < -0.39 is 0 Å². The molecule has 1 N–H and O–H groups in total. The molecule has 3 saturated carbocycles. The molecule has 0 aromatic carbocycles. The van der Waals surface area contributed by atoms with Gasteiger partial charge in [-0.2, -0.15) is 0 Å². The zero-order valence-corrected chi connectivity index (χ0v) is 13.5. The lowest BCUT2D eigenvalue weighted by molar-refractivity contribution is -0.168. The van der Waals surface area contributed by atoms with E-state index in [9.17, 15) is 0 Å². The van der Waals surface area contributed by atoms with Crippen LogP contribution in [0.3, 0.4) is 0 Å². The molecular formula is C18H33NO. The predicted molar refractivity (Wildman–Crippen MR) is 83.9 cm³/mol. The van der Waals surface area contributed by atoms with Gasteiger partial charge in [0.2, 0.25) is 0 Å². The van der Waals surface area contributed by atoms with Crippen molar-refractivity contribution in [3.05, 3.63) is 0 Å². The molecule has 2 atom stereocenters. The summed E-state index contributed by atoms with van der Waals surface area (Å²) in [4.78, 5) is 0. The Labute approximate surface area is 125 Å². The average molecular weight is 279 g/mol. The molecule has 116 valence electrons. The molecule has 1 spiro atoms. The predicted octanol–water partition coefficient (Wildman–Crippen LogP) is 4.28. The Morgan fingerprint density at radius 2 is 1.80 bits per heavy atom. The topological polar surface area (TPSA) is 21.3 Å². The fourth-order valence-electron chi connectivity index (χ4n) is 4.85. The fourth-order valence-corrected chi connectivity index (χ4v) is 4.85. The van der Waals surface area contributed by atoms with Crippen LogP contribution in [0.5, 0.6) is 0 Å². The first-order valence-electron chi connectivity index (χ1n) is 9.13. The molecule has 3 aliphatic rings. The van der Waals surface area contributed by atoms with Gasteiger partial charge in [-0.3, -0.25) is 0 Å². The van der Waals surface area contributed by atoms with E-state index in [1.54, 1.807) is 0 Å². The fraction of sp³-hybridized carbons (Fsp3) is 1.00. The first-order valence-corrected chi connectivity index (χ1v) is 9.13. The normalized spacial score (nSPS) is 39.9. The Hall–Kier alpha value is -0.0800. The SMILES string of the molecule is CCCNC1CC(OC2CCC(C)CC2)C12CCCC2. The summed E-state index contributed by atoms with van der Waals surface area (Å²) in [6, 6.07) is 0.748. The maximum absolute atomic E-state index is 6.58. The van der Waals surface area contributed by atoms with Gasteiger partial charge in [-0.15, -0.1) is 0 Å². The van der Waals surface area contributed by atoms with Gasteiger partial charge in [0.25, 0.3) is 0 Å². The van der Waals surface area contributed by atoms with Crippen LogP contribution in [0.15, 0.2) is 0 Å². The summed E-state index contributed by atoms with van der Waals surface area (Å²) in [5.41, 5.74) is 0.512. The summed E-state index contributed by atoms with van der Waals surface area (Å²) < 4.78 is 6.58. The van der Waals surface area contributed by atoms with E-state index in [2.05, 4.69) is 19.2 Å². The van der Waals surface area contributed by atoms with Crippen molar-refractivity contribution in [2.45, 2.75) is 96.3 Å². The molecule has 0 heterocycles. The third-order valence-corrected chi connectivity index (χ3v) is 6.28. The third-order valence-electron chi connectivity index (χ3n) is 6.28. The molecule has 3 aliphatic carbocycles. The minimum Gasteiger partial charge on any atom is -0.374 e. The largest absolute Gasteiger partial charge is 0.374 e. The van der Waals surface area contributed by atoms with Crippen LogP contribution >= 0.6 is 0 Å². The van der Waals surface area contributed by atoms with E-state index in [-0.39, 0.29) is 0 Å². The maximum Gasteiger partial charge on any atom is 0.0665 e. The van der Waals surface area contributed by atoms with Gasteiger partial charge in [-0.05, 0) is 63.8 Å². The molecule has 0 aromatic rings. The zero-order chi connectivity index (χ0) is 14.0. The lowest BCUT2D eigenvalue weighted by Crippen LogP contribution is -2.63. The number of hydrogen-bond acceptors (Lipinski definition) is 2. The van der Waals surface area contributed by atoms with Crippen LogP contribution in [0.2, 0.25) is 0 Å². The van der Waals surface area contributed by atoms with Crippen molar-refractivity contribution in [2.24, 2.45) is 11.3 Å². The Bertz CT molecular complexity index is 303. The minimum atomic E-state index is 0.512. The van der Waals surface area contributed by atoms with Gasteiger partial charge in [-0.25, -0.2) is 0 Å². The van der Waals surface area contributed by atoms with Crippen molar-refractivity contribution < 1.29 is 4.74 Å². The van der Waals surface area contributed by atoms with Gasteiger partial charge >= 0.3 is 0 Å². The van der Waals surface area contributed by atoms with Gasteiger partial charge in [0, 0.05) is 11.5 Å². The number of nitrogens with one attached hydrogen (secondary N) is 1. The van der Waals surface area contributed by atoms with Crippen LogP contribution in [0, 0.1) is 11.3 Å².